The number of rotatable bonds is 11. The van der Waals surface area contributed by atoms with E-state index in [9.17, 15) is 0 Å². The van der Waals surface area contributed by atoms with Gasteiger partial charge in [0, 0.05) is 29.9 Å². The largest absolute Gasteiger partial charge is 0.387 e. The van der Waals surface area contributed by atoms with Crippen LogP contribution in [0.5, 0.6) is 0 Å². The fraction of sp³-hybridized carbons (Fsp3) is 0.476. The molecule has 0 aromatic heterocycles. The molecular weight excluding hydrogens is 322 g/mol. The summed E-state index contributed by atoms with van der Waals surface area (Å²) in [6.45, 7) is 8.45. The van der Waals surface area contributed by atoms with Crippen LogP contribution in [0.4, 0.5) is 0 Å². The Labute approximate surface area is 157 Å². The van der Waals surface area contributed by atoms with Gasteiger partial charge in [-0.25, -0.2) is 4.99 Å². The zero-order chi connectivity index (χ0) is 18.6. The van der Waals surface area contributed by atoms with Crippen molar-refractivity contribution in [3.8, 4) is 0 Å². The molecule has 0 spiro atoms. The van der Waals surface area contributed by atoms with Crippen molar-refractivity contribution in [1.29, 1.82) is 5.41 Å². The lowest BCUT2D eigenvalue weighted by Crippen LogP contribution is -2.13. The van der Waals surface area contributed by atoms with Crippen molar-refractivity contribution >= 4 is 18.3 Å². The SMILES string of the molecule is C=N/C=C\C(C(=N)N=C(/C=C/CCCCNCC)C1CC1)=C1\C=CNC1. The Morgan fingerprint density at radius 3 is 2.88 bits per heavy atom. The standard InChI is InChI=1S/C21H31N5/c1-3-24-13-7-5-4-6-8-20(17-9-10-17)26-21(22)19(12-14-23-2)18-11-15-25-16-18/h6,8,11-12,14-15,17,22,24-25H,2-5,7,9-10,13,16H2,1H3/b8-6+,14-12-,19-18+,22-21?,26-20?. The number of nitrogens with zero attached hydrogens (tertiary/aromatic N) is 2. The second-order valence-electron chi connectivity index (χ2n) is 6.56. The van der Waals surface area contributed by atoms with E-state index in [-0.39, 0.29) is 0 Å². The average Bonchev–Trinajstić information content (AvgIpc) is 3.35. The quantitative estimate of drug-likeness (QED) is 0.300. The smallest absolute Gasteiger partial charge is 0.152 e. The third kappa shape index (κ3) is 6.92. The number of hydrogen-bond donors (Lipinski definition) is 3. The third-order valence-electron chi connectivity index (χ3n) is 4.39. The lowest BCUT2D eigenvalue weighted by atomic mass is 10.1. The fourth-order valence-electron chi connectivity index (χ4n) is 2.76. The Morgan fingerprint density at radius 1 is 1.38 bits per heavy atom. The summed E-state index contributed by atoms with van der Waals surface area (Å²) in [5, 5.41) is 15.0. The van der Waals surface area contributed by atoms with Crippen LogP contribution in [0.1, 0.15) is 39.0 Å². The maximum atomic E-state index is 8.47. The lowest BCUT2D eigenvalue weighted by molar-refractivity contribution is 0.646. The summed E-state index contributed by atoms with van der Waals surface area (Å²) in [7, 11) is 0. The van der Waals surface area contributed by atoms with Gasteiger partial charge in [0.1, 0.15) is 0 Å². The molecule has 1 saturated carbocycles. The van der Waals surface area contributed by atoms with Gasteiger partial charge in [0.2, 0.25) is 0 Å². The van der Waals surface area contributed by atoms with E-state index in [1.807, 2.05) is 18.4 Å². The molecule has 2 rings (SSSR count). The molecule has 1 aliphatic heterocycles. The van der Waals surface area contributed by atoms with E-state index in [4.69, 9.17) is 5.41 Å². The number of hydrogen-bond acceptors (Lipinski definition) is 4. The minimum Gasteiger partial charge on any atom is -0.387 e. The minimum atomic E-state index is 0.298. The molecule has 0 unspecified atom stereocenters. The van der Waals surface area contributed by atoms with Crippen LogP contribution in [0.2, 0.25) is 0 Å². The first-order valence-electron chi connectivity index (χ1n) is 9.56. The van der Waals surface area contributed by atoms with E-state index in [0.717, 1.165) is 42.9 Å². The summed E-state index contributed by atoms with van der Waals surface area (Å²) in [5.41, 5.74) is 2.90. The molecule has 0 bridgehead atoms. The van der Waals surface area contributed by atoms with Gasteiger partial charge in [-0.1, -0.05) is 13.0 Å². The highest BCUT2D eigenvalue weighted by Gasteiger charge is 2.26. The highest BCUT2D eigenvalue weighted by atomic mass is 14.9. The van der Waals surface area contributed by atoms with Crippen molar-refractivity contribution in [2.75, 3.05) is 19.6 Å². The van der Waals surface area contributed by atoms with Crippen LogP contribution in [0.25, 0.3) is 0 Å². The molecule has 1 aliphatic carbocycles. The second kappa shape index (κ2) is 11.4. The Morgan fingerprint density at radius 2 is 2.23 bits per heavy atom. The number of nitrogens with one attached hydrogen (secondary N) is 3. The minimum absolute atomic E-state index is 0.298. The van der Waals surface area contributed by atoms with Crippen LogP contribution in [-0.2, 0) is 0 Å². The second-order valence-corrected chi connectivity index (χ2v) is 6.56. The molecule has 0 aromatic rings. The predicted octanol–water partition coefficient (Wildman–Crippen LogP) is 3.78. The molecule has 0 saturated heterocycles. The number of amidine groups is 1. The number of aliphatic imine (C=N–C) groups is 2. The predicted molar refractivity (Wildman–Crippen MR) is 112 cm³/mol. The monoisotopic (exact) mass is 353 g/mol. The Bertz CT molecular complexity index is 633. The maximum Gasteiger partial charge on any atom is 0.152 e. The summed E-state index contributed by atoms with van der Waals surface area (Å²) in [6.07, 6.45) is 17.4. The van der Waals surface area contributed by atoms with Gasteiger partial charge in [-0.2, -0.15) is 0 Å². The van der Waals surface area contributed by atoms with Crippen LogP contribution in [-0.4, -0.2) is 37.9 Å². The van der Waals surface area contributed by atoms with Gasteiger partial charge in [0.05, 0.1) is 0 Å². The van der Waals surface area contributed by atoms with E-state index < -0.39 is 0 Å². The van der Waals surface area contributed by atoms with Crippen LogP contribution in [0.3, 0.4) is 0 Å². The van der Waals surface area contributed by atoms with Gasteiger partial charge in [0.25, 0.3) is 0 Å². The summed E-state index contributed by atoms with van der Waals surface area (Å²) >= 11 is 0. The molecule has 140 valence electrons. The molecule has 0 amide bonds. The van der Waals surface area contributed by atoms with Gasteiger partial charge in [-0.15, -0.1) is 0 Å². The van der Waals surface area contributed by atoms with Crippen LogP contribution in [0, 0.1) is 11.3 Å². The molecule has 3 N–H and O–H groups in total. The molecule has 5 nitrogen and oxygen atoms in total. The van der Waals surface area contributed by atoms with E-state index in [0.29, 0.717) is 11.8 Å². The van der Waals surface area contributed by atoms with E-state index in [1.54, 1.807) is 6.20 Å². The first-order chi connectivity index (χ1) is 12.8. The molecule has 2 aliphatic rings. The van der Waals surface area contributed by atoms with Gasteiger partial charge in [0.15, 0.2) is 5.84 Å². The van der Waals surface area contributed by atoms with Crippen molar-refractivity contribution in [2.24, 2.45) is 15.9 Å². The van der Waals surface area contributed by atoms with Crippen molar-refractivity contribution < 1.29 is 0 Å². The molecule has 0 radical (unpaired) electrons. The fourth-order valence-corrected chi connectivity index (χ4v) is 2.76. The molecule has 1 fully saturated rings. The van der Waals surface area contributed by atoms with Crippen molar-refractivity contribution in [2.45, 2.75) is 39.0 Å². The van der Waals surface area contributed by atoms with E-state index in [2.05, 4.69) is 46.4 Å². The van der Waals surface area contributed by atoms with Crippen molar-refractivity contribution in [3.05, 3.63) is 47.9 Å². The molecule has 1 heterocycles. The summed E-state index contributed by atoms with van der Waals surface area (Å²) < 4.78 is 0. The van der Waals surface area contributed by atoms with Gasteiger partial charge in [-0.3, -0.25) is 10.4 Å². The molecule has 0 aromatic carbocycles. The van der Waals surface area contributed by atoms with E-state index in [1.165, 1.54) is 25.7 Å². The summed E-state index contributed by atoms with van der Waals surface area (Å²) in [4.78, 5) is 8.43. The Hall–Kier alpha value is -2.27. The van der Waals surface area contributed by atoms with Crippen molar-refractivity contribution in [1.82, 2.24) is 10.6 Å². The normalized spacial score (nSPS) is 19.3. The average molecular weight is 354 g/mol. The maximum absolute atomic E-state index is 8.47. The molecule has 26 heavy (non-hydrogen) atoms. The zero-order valence-corrected chi connectivity index (χ0v) is 15.8. The van der Waals surface area contributed by atoms with Crippen molar-refractivity contribution in [3.63, 3.8) is 0 Å². The summed E-state index contributed by atoms with van der Waals surface area (Å²) in [6, 6.07) is 0. The topological polar surface area (TPSA) is 72.6 Å². The van der Waals surface area contributed by atoms with Gasteiger partial charge in [-0.05, 0) is 81.9 Å². The molecule has 5 heteroatoms. The van der Waals surface area contributed by atoms with Gasteiger partial charge >= 0.3 is 0 Å². The lowest BCUT2D eigenvalue weighted by Gasteiger charge is -2.06. The van der Waals surface area contributed by atoms with E-state index >= 15 is 0 Å². The Kier molecular flexibility index (Phi) is 8.76. The highest BCUT2D eigenvalue weighted by Crippen LogP contribution is 2.31. The van der Waals surface area contributed by atoms with Crippen LogP contribution < -0.4 is 10.6 Å². The zero-order valence-electron chi connectivity index (χ0n) is 15.8. The first kappa shape index (κ1) is 20.0. The first-order valence-corrected chi connectivity index (χ1v) is 9.56. The Balaban J connectivity index is 2.01. The highest BCUT2D eigenvalue weighted by molar-refractivity contribution is 6.11. The van der Waals surface area contributed by atoms with Crippen LogP contribution >= 0.6 is 0 Å². The van der Waals surface area contributed by atoms with Crippen LogP contribution in [0.15, 0.2) is 57.8 Å². The third-order valence-corrected chi connectivity index (χ3v) is 4.39. The summed E-state index contributed by atoms with van der Waals surface area (Å²) in [5.74, 6) is 0.810. The number of allylic oxidation sites excluding steroid dienone is 2. The number of unbranched alkanes of at least 4 members (excludes halogenated alkanes) is 2. The van der Waals surface area contributed by atoms with Gasteiger partial charge < -0.3 is 10.6 Å². The molecule has 0 atom stereocenters. The molecular formula is C21H31N5.